The zero-order valence-electron chi connectivity index (χ0n) is 12.5. The summed E-state index contributed by atoms with van der Waals surface area (Å²) in [6, 6.07) is 5.91. The molecule has 20 heavy (non-hydrogen) atoms. The minimum atomic E-state index is -1.01. The molecule has 106 valence electrons. The molecule has 0 amide bonds. The fourth-order valence-corrected chi connectivity index (χ4v) is 3.05. The smallest absolute Gasteiger partial charge is 0.356 e. The van der Waals surface area contributed by atoms with Gasteiger partial charge in [-0.3, -0.25) is 5.10 Å². The van der Waals surface area contributed by atoms with E-state index in [2.05, 4.69) is 56.9 Å². The molecule has 0 saturated heterocycles. The first kappa shape index (κ1) is 14.3. The molecule has 4 heteroatoms. The van der Waals surface area contributed by atoms with Gasteiger partial charge in [-0.05, 0) is 43.5 Å². The van der Waals surface area contributed by atoms with Crippen molar-refractivity contribution in [2.45, 2.75) is 40.0 Å². The highest BCUT2D eigenvalue weighted by Crippen LogP contribution is 2.35. The molecule has 1 aromatic heterocycles. The van der Waals surface area contributed by atoms with Crippen molar-refractivity contribution in [3.05, 3.63) is 51.8 Å². The SMILES string of the molecule is Cc1cc(C)c(C(C)(C)c2cc(C(=O)O)n[nH]2)c(C)c1. The molecule has 0 unspecified atom stereocenters. The normalized spacial score (nSPS) is 11.7. The first-order valence-electron chi connectivity index (χ1n) is 6.61. The Hall–Kier alpha value is -2.10. The molecule has 0 aliphatic carbocycles. The van der Waals surface area contributed by atoms with E-state index >= 15 is 0 Å². The van der Waals surface area contributed by atoms with Gasteiger partial charge in [-0.2, -0.15) is 5.10 Å². The molecule has 0 atom stereocenters. The van der Waals surface area contributed by atoms with Gasteiger partial charge in [0, 0.05) is 11.1 Å². The highest BCUT2D eigenvalue weighted by Gasteiger charge is 2.29. The molecule has 0 aliphatic rings. The van der Waals surface area contributed by atoms with Crippen LogP contribution in [0.4, 0.5) is 0 Å². The molecule has 1 aromatic carbocycles. The number of aromatic carboxylic acids is 1. The predicted octanol–water partition coefficient (Wildman–Crippen LogP) is 3.36. The third kappa shape index (κ3) is 2.33. The summed E-state index contributed by atoms with van der Waals surface area (Å²) >= 11 is 0. The Morgan fingerprint density at radius 1 is 1.15 bits per heavy atom. The molecule has 0 bridgehead atoms. The standard InChI is InChI=1S/C16H20N2O2/c1-9-6-10(2)14(11(3)7-9)16(4,5)13-8-12(15(19)20)17-18-13/h6-8H,1-5H3,(H,17,18)(H,19,20). The molecule has 0 spiro atoms. The molecule has 2 N–H and O–H groups in total. The van der Waals surface area contributed by atoms with Crippen LogP contribution in [0.1, 0.15) is 52.3 Å². The van der Waals surface area contributed by atoms with Gasteiger partial charge in [-0.25, -0.2) is 4.79 Å². The van der Waals surface area contributed by atoms with E-state index in [1.165, 1.54) is 22.3 Å². The molecular formula is C16H20N2O2. The molecule has 0 aliphatic heterocycles. The van der Waals surface area contributed by atoms with Crippen molar-refractivity contribution in [2.24, 2.45) is 0 Å². The van der Waals surface area contributed by atoms with Crippen LogP contribution in [0.2, 0.25) is 0 Å². The molecule has 0 saturated carbocycles. The Morgan fingerprint density at radius 2 is 1.70 bits per heavy atom. The summed E-state index contributed by atoms with van der Waals surface area (Å²) in [4.78, 5) is 11.0. The van der Waals surface area contributed by atoms with Crippen LogP contribution in [-0.2, 0) is 5.41 Å². The second kappa shape index (κ2) is 4.78. The number of aromatic amines is 1. The molecule has 4 nitrogen and oxygen atoms in total. The van der Waals surface area contributed by atoms with Crippen molar-refractivity contribution in [1.82, 2.24) is 10.2 Å². The summed E-state index contributed by atoms with van der Waals surface area (Å²) in [7, 11) is 0. The maximum absolute atomic E-state index is 11.0. The predicted molar refractivity (Wildman–Crippen MR) is 78.3 cm³/mol. The van der Waals surface area contributed by atoms with E-state index in [9.17, 15) is 4.79 Å². The first-order valence-corrected chi connectivity index (χ1v) is 6.61. The number of nitrogens with one attached hydrogen (secondary N) is 1. The van der Waals surface area contributed by atoms with Gasteiger partial charge < -0.3 is 5.11 Å². The fraction of sp³-hybridized carbons (Fsp3) is 0.375. The topological polar surface area (TPSA) is 66.0 Å². The summed E-state index contributed by atoms with van der Waals surface area (Å²) in [6.07, 6.45) is 0. The van der Waals surface area contributed by atoms with E-state index in [-0.39, 0.29) is 11.1 Å². The maximum atomic E-state index is 11.0. The van der Waals surface area contributed by atoms with Crippen LogP contribution in [0.25, 0.3) is 0 Å². The molecule has 1 heterocycles. The zero-order chi connectivity index (χ0) is 15.1. The highest BCUT2D eigenvalue weighted by atomic mass is 16.4. The number of benzene rings is 1. The van der Waals surface area contributed by atoms with Crippen LogP contribution >= 0.6 is 0 Å². The van der Waals surface area contributed by atoms with Gasteiger partial charge >= 0.3 is 5.97 Å². The number of rotatable bonds is 3. The minimum Gasteiger partial charge on any atom is -0.476 e. The van der Waals surface area contributed by atoms with E-state index in [1.54, 1.807) is 6.07 Å². The van der Waals surface area contributed by atoms with Gasteiger partial charge in [0.1, 0.15) is 0 Å². The van der Waals surface area contributed by atoms with Crippen molar-refractivity contribution >= 4 is 5.97 Å². The Labute approximate surface area is 118 Å². The number of aryl methyl sites for hydroxylation is 3. The van der Waals surface area contributed by atoms with Crippen molar-refractivity contribution in [1.29, 1.82) is 0 Å². The number of nitrogens with zero attached hydrogens (tertiary/aromatic N) is 1. The second-order valence-electron chi connectivity index (χ2n) is 5.87. The van der Waals surface area contributed by atoms with Crippen molar-refractivity contribution in [3.63, 3.8) is 0 Å². The van der Waals surface area contributed by atoms with Crippen LogP contribution in [0, 0.1) is 20.8 Å². The largest absolute Gasteiger partial charge is 0.476 e. The number of H-pyrrole nitrogens is 1. The third-order valence-electron chi connectivity index (χ3n) is 3.77. The van der Waals surface area contributed by atoms with Crippen LogP contribution in [0.3, 0.4) is 0 Å². The zero-order valence-corrected chi connectivity index (χ0v) is 12.5. The molecule has 0 fully saturated rings. The van der Waals surface area contributed by atoms with Crippen LogP contribution in [-0.4, -0.2) is 21.3 Å². The molecule has 0 radical (unpaired) electrons. The van der Waals surface area contributed by atoms with Crippen LogP contribution in [0.15, 0.2) is 18.2 Å². The number of carboxylic acids is 1. The second-order valence-corrected chi connectivity index (χ2v) is 5.87. The van der Waals surface area contributed by atoms with Crippen LogP contribution in [0.5, 0.6) is 0 Å². The highest BCUT2D eigenvalue weighted by molar-refractivity contribution is 5.85. The Kier molecular flexibility index (Phi) is 3.42. The summed E-state index contributed by atoms with van der Waals surface area (Å²) in [6.45, 7) is 10.4. The summed E-state index contributed by atoms with van der Waals surface area (Å²) in [5.41, 5.74) is 5.40. The van der Waals surface area contributed by atoms with E-state index in [0.717, 1.165) is 5.69 Å². The average molecular weight is 272 g/mol. The Balaban J connectivity index is 2.56. The monoisotopic (exact) mass is 272 g/mol. The lowest BCUT2D eigenvalue weighted by atomic mass is 9.76. The Bertz CT molecular complexity index is 646. The van der Waals surface area contributed by atoms with Crippen molar-refractivity contribution in [2.75, 3.05) is 0 Å². The average Bonchev–Trinajstić information content (AvgIpc) is 2.76. The lowest BCUT2D eigenvalue weighted by molar-refractivity contribution is 0.0690. The fourth-order valence-electron chi connectivity index (χ4n) is 3.05. The third-order valence-corrected chi connectivity index (χ3v) is 3.77. The summed E-state index contributed by atoms with van der Waals surface area (Å²) < 4.78 is 0. The van der Waals surface area contributed by atoms with E-state index in [1.807, 2.05) is 0 Å². The summed E-state index contributed by atoms with van der Waals surface area (Å²) in [5.74, 6) is -1.01. The lowest BCUT2D eigenvalue weighted by Gasteiger charge is -2.28. The number of carbonyl (C=O) groups is 1. The number of hydrogen-bond donors (Lipinski definition) is 2. The van der Waals surface area contributed by atoms with E-state index < -0.39 is 5.97 Å². The molecule has 2 aromatic rings. The van der Waals surface area contributed by atoms with E-state index in [4.69, 9.17) is 5.11 Å². The summed E-state index contributed by atoms with van der Waals surface area (Å²) in [5, 5.41) is 15.7. The number of carboxylic acid groups (broad SMARTS) is 1. The molecular weight excluding hydrogens is 252 g/mol. The van der Waals surface area contributed by atoms with Gasteiger partial charge in [-0.1, -0.05) is 31.5 Å². The van der Waals surface area contributed by atoms with E-state index in [0.29, 0.717) is 0 Å². The van der Waals surface area contributed by atoms with Gasteiger partial charge in [0.25, 0.3) is 0 Å². The first-order chi connectivity index (χ1) is 9.23. The van der Waals surface area contributed by atoms with Crippen LogP contribution < -0.4 is 0 Å². The van der Waals surface area contributed by atoms with Gasteiger partial charge in [0.05, 0.1) is 0 Å². The maximum Gasteiger partial charge on any atom is 0.356 e. The quantitative estimate of drug-likeness (QED) is 0.900. The Morgan fingerprint density at radius 3 is 2.15 bits per heavy atom. The number of aromatic nitrogens is 2. The van der Waals surface area contributed by atoms with Crippen molar-refractivity contribution in [3.8, 4) is 0 Å². The minimum absolute atomic E-state index is 0.0514. The van der Waals surface area contributed by atoms with Gasteiger partial charge in [-0.15, -0.1) is 0 Å². The molecule has 2 rings (SSSR count). The van der Waals surface area contributed by atoms with Gasteiger partial charge in [0.2, 0.25) is 0 Å². The van der Waals surface area contributed by atoms with Crippen molar-refractivity contribution < 1.29 is 9.90 Å². The lowest BCUT2D eigenvalue weighted by Crippen LogP contribution is -2.22. The van der Waals surface area contributed by atoms with Gasteiger partial charge in [0.15, 0.2) is 5.69 Å². The number of hydrogen-bond acceptors (Lipinski definition) is 2.